The van der Waals surface area contributed by atoms with Crippen molar-refractivity contribution in [2.24, 2.45) is 0 Å². The molecule has 4 heteroatoms. The van der Waals surface area contributed by atoms with Crippen LogP contribution < -0.4 is 5.73 Å². The van der Waals surface area contributed by atoms with Gasteiger partial charge in [-0.25, -0.2) is 4.98 Å². The molecule has 0 amide bonds. The van der Waals surface area contributed by atoms with Crippen LogP contribution in [0.15, 0.2) is 29.2 Å². The number of nitrogen functional groups attached to an aromatic ring is 1. The summed E-state index contributed by atoms with van der Waals surface area (Å²) in [6, 6.07) is 8.48. The van der Waals surface area contributed by atoms with Gasteiger partial charge in [-0.15, -0.1) is 23.1 Å². The first-order chi connectivity index (χ1) is 7.70. The van der Waals surface area contributed by atoms with Gasteiger partial charge in [-0.2, -0.15) is 0 Å². The average Bonchev–Trinajstić information content (AvgIpc) is 2.61. The minimum atomic E-state index is 0.645. The fourth-order valence-electron chi connectivity index (χ4n) is 1.39. The van der Waals surface area contributed by atoms with Gasteiger partial charge in [0.05, 0.1) is 0 Å². The number of nitrogens with two attached hydrogens (primary N) is 1. The van der Waals surface area contributed by atoms with Crippen LogP contribution in [-0.2, 0) is 0 Å². The molecule has 0 unspecified atom stereocenters. The van der Waals surface area contributed by atoms with E-state index >= 15 is 0 Å². The van der Waals surface area contributed by atoms with Crippen LogP contribution in [0.5, 0.6) is 0 Å². The molecule has 0 bridgehead atoms. The number of hydrogen-bond donors (Lipinski definition) is 1. The van der Waals surface area contributed by atoms with Gasteiger partial charge in [0.15, 0.2) is 0 Å². The van der Waals surface area contributed by atoms with E-state index in [1.165, 1.54) is 4.90 Å². The maximum Gasteiger partial charge on any atom is 0.138 e. The molecule has 2 N–H and O–H groups in total. The Balaban J connectivity index is 2.27. The summed E-state index contributed by atoms with van der Waals surface area (Å²) in [6.45, 7) is 4.15. The summed E-state index contributed by atoms with van der Waals surface area (Å²) < 4.78 is 0. The molecule has 0 aliphatic carbocycles. The Morgan fingerprint density at radius 3 is 2.50 bits per heavy atom. The van der Waals surface area contributed by atoms with Crippen LogP contribution in [0.3, 0.4) is 0 Å². The lowest BCUT2D eigenvalue weighted by atomic mass is 10.2. The second-order valence-electron chi connectivity index (χ2n) is 3.42. The normalized spacial score (nSPS) is 10.6. The molecule has 84 valence electrons. The van der Waals surface area contributed by atoms with Crippen LogP contribution >= 0.6 is 23.1 Å². The van der Waals surface area contributed by atoms with Gasteiger partial charge in [0.1, 0.15) is 10.8 Å². The largest absolute Gasteiger partial charge is 0.383 e. The van der Waals surface area contributed by atoms with Crippen molar-refractivity contribution in [3.63, 3.8) is 0 Å². The maximum absolute atomic E-state index is 5.75. The lowest BCUT2D eigenvalue weighted by Gasteiger charge is -1.99. The molecule has 0 spiro atoms. The van der Waals surface area contributed by atoms with Crippen LogP contribution in [-0.4, -0.2) is 10.7 Å². The van der Waals surface area contributed by atoms with E-state index in [0.717, 1.165) is 21.2 Å². The van der Waals surface area contributed by atoms with Gasteiger partial charge in [-0.05, 0) is 24.8 Å². The van der Waals surface area contributed by atoms with Gasteiger partial charge in [0, 0.05) is 15.3 Å². The van der Waals surface area contributed by atoms with E-state index in [1.807, 2.05) is 18.7 Å². The molecule has 1 aromatic carbocycles. The van der Waals surface area contributed by atoms with Crippen molar-refractivity contribution in [1.29, 1.82) is 0 Å². The number of anilines is 1. The van der Waals surface area contributed by atoms with Gasteiger partial charge < -0.3 is 5.73 Å². The number of thioether (sulfide) groups is 1. The second kappa shape index (κ2) is 4.89. The lowest BCUT2D eigenvalue weighted by molar-refractivity contribution is 1.37. The number of benzene rings is 1. The quantitative estimate of drug-likeness (QED) is 0.842. The van der Waals surface area contributed by atoms with E-state index in [9.17, 15) is 0 Å². The third-order valence-corrected chi connectivity index (χ3v) is 4.17. The Kier molecular flexibility index (Phi) is 3.51. The molecule has 16 heavy (non-hydrogen) atoms. The molecular weight excluding hydrogens is 236 g/mol. The minimum Gasteiger partial charge on any atom is -0.383 e. The Labute approximate surface area is 104 Å². The first kappa shape index (κ1) is 11.5. The molecule has 0 aliphatic heterocycles. The molecule has 1 heterocycles. The number of rotatable bonds is 3. The van der Waals surface area contributed by atoms with E-state index in [1.54, 1.807) is 11.3 Å². The van der Waals surface area contributed by atoms with Crippen LogP contribution in [0, 0.1) is 6.92 Å². The summed E-state index contributed by atoms with van der Waals surface area (Å²) in [6.07, 6.45) is 0. The lowest BCUT2D eigenvalue weighted by Crippen LogP contribution is -1.86. The van der Waals surface area contributed by atoms with E-state index in [4.69, 9.17) is 5.73 Å². The zero-order chi connectivity index (χ0) is 11.5. The monoisotopic (exact) mass is 250 g/mol. The van der Waals surface area contributed by atoms with Crippen LogP contribution in [0.1, 0.15) is 11.8 Å². The van der Waals surface area contributed by atoms with Crippen molar-refractivity contribution < 1.29 is 0 Å². The molecule has 0 fully saturated rings. The minimum absolute atomic E-state index is 0.645. The number of nitrogens with zero attached hydrogens (tertiary/aromatic N) is 1. The summed E-state index contributed by atoms with van der Waals surface area (Å²) in [4.78, 5) is 6.73. The van der Waals surface area contributed by atoms with Gasteiger partial charge in [-0.1, -0.05) is 19.1 Å². The molecule has 0 radical (unpaired) electrons. The highest BCUT2D eigenvalue weighted by Gasteiger charge is 2.06. The Morgan fingerprint density at radius 2 is 2.00 bits per heavy atom. The van der Waals surface area contributed by atoms with Crippen molar-refractivity contribution >= 4 is 28.9 Å². The molecule has 1 aromatic heterocycles. The number of aryl methyl sites for hydroxylation is 1. The summed E-state index contributed by atoms with van der Waals surface area (Å²) >= 11 is 3.49. The maximum atomic E-state index is 5.75. The molecular formula is C12H14N2S2. The topological polar surface area (TPSA) is 38.9 Å². The number of thiazole rings is 1. The Bertz CT molecular complexity index is 455. The second-order valence-corrected chi connectivity index (χ2v) is 5.96. The van der Waals surface area contributed by atoms with Crippen molar-refractivity contribution in [1.82, 2.24) is 4.98 Å². The summed E-state index contributed by atoms with van der Waals surface area (Å²) in [5.41, 5.74) is 6.89. The summed E-state index contributed by atoms with van der Waals surface area (Å²) in [5.74, 6) is 1.75. The van der Waals surface area contributed by atoms with Crippen molar-refractivity contribution in [3.05, 3.63) is 29.1 Å². The molecule has 2 nitrogen and oxygen atoms in total. The zero-order valence-electron chi connectivity index (χ0n) is 9.36. The summed E-state index contributed by atoms with van der Waals surface area (Å²) in [5, 5.41) is 1.00. The standard InChI is InChI=1S/C12H14N2S2/c1-3-15-10-6-4-9(5-7-10)12-14-11(13)8(2)16-12/h4-7H,3,13H2,1-2H3. The molecule has 2 aromatic rings. The van der Waals surface area contributed by atoms with Gasteiger partial charge >= 0.3 is 0 Å². The van der Waals surface area contributed by atoms with Crippen LogP contribution in [0.25, 0.3) is 10.6 Å². The Hall–Kier alpha value is -1.00. The molecule has 0 saturated carbocycles. The predicted octanol–water partition coefficient (Wildman–Crippen LogP) is 3.81. The Morgan fingerprint density at radius 1 is 1.31 bits per heavy atom. The van der Waals surface area contributed by atoms with Crippen molar-refractivity contribution in [2.75, 3.05) is 11.5 Å². The van der Waals surface area contributed by atoms with E-state index in [0.29, 0.717) is 5.82 Å². The molecule has 0 saturated heterocycles. The average molecular weight is 250 g/mol. The first-order valence-corrected chi connectivity index (χ1v) is 6.97. The fraction of sp³-hybridized carbons (Fsp3) is 0.250. The first-order valence-electron chi connectivity index (χ1n) is 5.17. The van der Waals surface area contributed by atoms with Crippen molar-refractivity contribution in [2.45, 2.75) is 18.7 Å². The van der Waals surface area contributed by atoms with Gasteiger partial charge in [0.25, 0.3) is 0 Å². The highest BCUT2D eigenvalue weighted by Crippen LogP contribution is 2.30. The highest BCUT2D eigenvalue weighted by molar-refractivity contribution is 7.99. The molecule has 0 atom stereocenters. The van der Waals surface area contributed by atoms with Crippen LogP contribution in [0.4, 0.5) is 5.82 Å². The fourth-order valence-corrected chi connectivity index (χ4v) is 2.89. The predicted molar refractivity (Wildman–Crippen MR) is 73.1 cm³/mol. The van der Waals surface area contributed by atoms with Gasteiger partial charge in [0.2, 0.25) is 0 Å². The van der Waals surface area contributed by atoms with Crippen LogP contribution in [0.2, 0.25) is 0 Å². The van der Waals surface area contributed by atoms with E-state index < -0.39 is 0 Å². The molecule has 0 aliphatic rings. The highest BCUT2D eigenvalue weighted by atomic mass is 32.2. The zero-order valence-corrected chi connectivity index (χ0v) is 11.0. The van der Waals surface area contributed by atoms with Crippen molar-refractivity contribution in [3.8, 4) is 10.6 Å². The SMILES string of the molecule is CCSc1ccc(-c2nc(N)c(C)s2)cc1. The third kappa shape index (κ3) is 2.39. The smallest absolute Gasteiger partial charge is 0.138 e. The number of hydrogen-bond acceptors (Lipinski definition) is 4. The third-order valence-electron chi connectivity index (χ3n) is 2.24. The van der Waals surface area contributed by atoms with E-state index in [-0.39, 0.29) is 0 Å². The van der Waals surface area contributed by atoms with E-state index in [2.05, 4.69) is 36.2 Å². The number of aromatic nitrogens is 1. The molecule has 2 rings (SSSR count). The summed E-state index contributed by atoms with van der Waals surface area (Å²) in [7, 11) is 0. The van der Waals surface area contributed by atoms with Gasteiger partial charge in [-0.3, -0.25) is 0 Å².